The van der Waals surface area contributed by atoms with E-state index in [1.165, 1.54) is 11.1 Å². The second kappa shape index (κ2) is 16.7. The Morgan fingerprint density at radius 2 is 1.63 bits per heavy atom. The van der Waals surface area contributed by atoms with Gasteiger partial charge in [-0.1, -0.05) is 125 Å². The van der Waals surface area contributed by atoms with Gasteiger partial charge in [0.2, 0.25) is 0 Å². The summed E-state index contributed by atoms with van der Waals surface area (Å²) in [4.78, 5) is 35.3. The molecule has 5 aliphatic carbocycles. The van der Waals surface area contributed by atoms with Crippen molar-refractivity contribution in [3.8, 4) is 11.3 Å². The molecule has 5 saturated carbocycles. The number of ether oxygens (including phenoxy) is 3. The molecule has 1 N–H and O–H groups in total. The highest BCUT2D eigenvalue weighted by atomic mass is 16.7. The van der Waals surface area contributed by atoms with Crippen LogP contribution in [0.25, 0.3) is 11.3 Å². The van der Waals surface area contributed by atoms with E-state index in [9.17, 15) is 9.59 Å². The number of carbonyl (C=O) groups is 2. The van der Waals surface area contributed by atoms with Crippen molar-refractivity contribution in [3.05, 3.63) is 114 Å². The number of allylic oxidation sites excluding steroid dienone is 2. The quantitative estimate of drug-likeness (QED) is 0.0608. The summed E-state index contributed by atoms with van der Waals surface area (Å²) >= 11 is 0. The number of aromatic nitrogens is 2. The first kappa shape index (κ1) is 42.6. The van der Waals surface area contributed by atoms with Gasteiger partial charge in [-0.05, 0) is 121 Å². The molecular formula is C53H70N2O5. The SMILES string of the molecule is C=C1[C@H](COCOCc2ccccc2)C[C@@H]1C(=O)O[C@H]1CC[C@@]2(C)[C@@H](CCC3(C)[C@@H]2CC[C@@H]2/C(=C(/C)C(C)C)[C@@](CC=O)(c4ncc(-c5ccccc5)[nH]4)CC[C@]23C)C1=C.[HH]. The standard InChI is InChI=1S/C53H68N2O5.H2/c1-34(2)35(3)47-43-19-20-46-50(6)23-22-45(60-48(57)41-29-40(36(41)4)32-59-33-58-31-38-15-11-9-12-16-38)37(5)42(50)21-24-52(46,8)51(43,7)25-26-53(47,27-28-56)49-54-30-44(55-49)39-17-13-10-14-18-39;/h9-18,28,30,34,40-43,45-46H,4-5,19-27,29,31-33H2,1-3,6-8H3,(H,54,55);1H/b47-35+;/t40-,41-,42-,43+,45-,46+,50-,51+,52?,53+;/m0./s1. The van der Waals surface area contributed by atoms with E-state index < -0.39 is 5.41 Å². The first-order chi connectivity index (χ1) is 28.8. The van der Waals surface area contributed by atoms with Crippen LogP contribution in [0, 0.1) is 51.8 Å². The fourth-order valence-electron chi connectivity index (χ4n) is 13.4. The maximum absolute atomic E-state index is 13.6. The molecule has 7 heteroatoms. The van der Waals surface area contributed by atoms with E-state index in [-0.39, 0.29) is 48.4 Å². The Kier molecular flexibility index (Phi) is 11.8. The highest BCUT2D eigenvalue weighted by Gasteiger charge is 2.68. The van der Waals surface area contributed by atoms with E-state index in [4.69, 9.17) is 25.8 Å². The number of aromatic amines is 1. The van der Waals surface area contributed by atoms with Gasteiger partial charge in [0.05, 0.1) is 36.4 Å². The van der Waals surface area contributed by atoms with Crippen LogP contribution in [-0.2, 0) is 35.8 Å². The predicted octanol–water partition coefficient (Wildman–Crippen LogP) is 12.0. The zero-order valence-corrected chi connectivity index (χ0v) is 37.1. The number of hydrogen-bond acceptors (Lipinski definition) is 6. The Hall–Kier alpha value is -4.07. The molecule has 7 nitrogen and oxygen atoms in total. The van der Waals surface area contributed by atoms with Crippen molar-refractivity contribution in [2.75, 3.05) is 13.4 Å². The average molecular weight is 815 g/mol. The molecule has 0 saturated heterocycles. The molecular weight excluding hydrogens is 745 g/mol. The van der Waals surface area contributed by atoms with Gasteiger partial charge in [0.15, 0.2) is 0 Å². The lowest BCUT2D eigenvalue weighted by molar-refractivity contribution is -0.191. The maximum Gasteiger partial charge on any atom is 0.313 e. The summed E-state index contributed by atoms with van der Waals surface area (Å²) in [7, 11) is 0. The fraction of sp³-hybridized carbons (Fsp3) is 0.566. The van der Waals surface area contributed by atoms with Crippen molar-refractivity contribution in [1.82, 2.24) is 9.97 Å². The second-order valence-corrected chi connectivity index (χ2v) is 20.3. The summed E-state index contributed by atoms with van der Waals surface area (Å²) in [5, 5.41) is 0. The topological polar surface area (TPSA) is 90.5 Å². The summed E-state index contributed by atoms with van der Waals surface area (Å²) in [5.74, 6) is 2.19. The second-order valence-electron chi connectivity index (χ2n) is 20.3. The Labute approximate surface area is 360 Å². The van der Waals surface area contributed by atoms with Crippen molar-refractivity contribution in [2.24, 2.45) is 51.8 Å². The lowest BCUT2D eigenvalue weighted by Crippen LogP contribution is -2.64. The van der Waals surface area contributed by atoms with Crippen LogP contribution in [-0.4, -0.2) is 41.7 Å². The number of carbonyl (C=O) groups excluding carboxylic acids is 2. The van der Waals surface area contributed by atoms with E-state index in [1.54, 1.807) is 0 Å². The van der Waals surface area contributed by atoms with Crippen LogP contribution in [0.3, 0.4) is 0 Å². The third kappa shape index (κ3) is 7.09. The molecule has 0 radical (unpaired) electrons. The van der Waals surface area contributed by atoms with Crippen LogP contribution >= 0.6 is 0 Å². The lowest BCUT2D eigenvalue weighted by atomic mass is 9.34. The molecule has 1 unspecified atom stereocenters. The summed E-state index contributed by atoms with van der Waals surface area (Å²) < 4.78 is 17.8. The highest BCUT2D eigenvalue weighted by Crippen LogP contribution is 2.75. The number of benzene rings is 2. The van der Waals surface area contributed by atoms with Gasteiger partial charge in [0.25, 0.3) is 0 Å². The minimum atomic E-state index is -0.455. The normalized spacial score (nSPS) is 35.8. The molecule has 60 heavy (non-hydrogen) atoms. The minimum Gasteiger partial charge on any atom is -0.457 e. The fourth-order valence-corrected chi connectivity index (χ4v) is 13.4. The Morgan fingerprint density at radius 3 is 2.33 bits per heavy atom. The summed E-state index contributed by atoms with van der Waals surface area (Å²) in [6.45, 7) is 24.9. The highest BCUT2D eigenvalue weighted by molar-refractivity contribution is 5.78. The van der Waals surface area contributed by atoms with Gasteiger partial charge in [0, 0.05) is 13.8 Å². The van der Waals surface area contributed by atoms with E-state index in [1.807, 2.05) is 42.6 Å². The van der Waals surface area contributed by atoms with Crippen LogP contribution < -0.4 is 0 Å². The first-order valence-electron chi connectivity index (χ1n) is 22.8. The van der Waals surface area contributed by atoms with Gasteiger partial charge in [-0.15, -0.1) is 0 Å². The number of nitrogens with one attached hydrogen (secondary N) is 1. The number of rotatable bonds is 13. The minimum absolute atomic E-state index is 0. The number of nitrogens with zero attached hydrogens (tertiary/aromatic N) is 1. The van der Waals surface area contributed by atoms with E-state index in [2.05, 4.69) is 77.4 Å². The van der Waals surface area contributed by atoms with Crippen LogP contribution in [0.1, 0.15) is 119 Å². The third-order valence-electron chi connectivity index (χ3n) is 17.3. The molecule has 0 amide bonds. The monoisotopic (exact) mass is 815 g/mol. The lowest BCUT2D eigenvalue weighted by Gasteiger charge is -2.71. The van der Waals surface area contributed by atoms with Crippen molar-refractivity contribution < 1.29 is 25.2 Å². The van der Waals surface area contributed by atoms with Crippen molar-refractivity contribution >= 4 is 12.3 Å². The zero-order valence-electron chi connectivity index (χ0n) is 37.1. The van der Waals surface area contributed by atoms with Crippen LogP contribution in [0.2, 0.25) is 0 Å². The average Bonchev–Trinajstić information content (AvgIpc) is 3.75. The number of esters is 1. The smallest absolute Gasteiger partial charge is 0.313 e. The van der Waals surface area contributed by atoms with E-state index >= 15 is 0 Å². The van der Waals surface area contributed by atoms with Gasteiger partial charge in [-0.25, -0.2) is 4.98 Å². The van der Waals surface area contributed by atoms with Crippen LogP contribution in [0.4, 0.5) is 0 Å². The Balaban J connectivity index is 0.00000561. The zero-order chi connectivity index (χ0) is 42.5. The summed E-state index contributed by atoms with van der Waals surface area (Å²) in [6, 6.07) is 20.5. The molecule has 5 aliphatic rings. The molecule has 2 aromatic carbocycles. The van der Waals surface area contributed by atoms with E-state index in [0.717, 1.165) is 91.4 Å². The number of fused-ring (bicyclic) bond motifs is 5. The Bertz CT molecular complexity index is 2110. The van der Waals surface area contributed by atoms with Gasteiger partial charge in [-0.2, -0.15) is 0 Å². The summed E-state index contributed by atoms with van der Waals surface area (Å²) in [5.41, 5.74) is 7.92. The molecule has 0 bridgehead atoms. The number of imidazole rings is 1. The molecule has 0 spiro atoms. The maximum atomic E-state index is 13.6. The molecule has 1 heterocycles. The molecule has 0 aliphatic heterocycles. The largest absolute Gasteiger partial charge is 0.457 e. The van der Waals surface area contributed by atoms with Crippen LogP contribution in [0.15, 0.2) is 102 Å². The molecule has 3 aromatic rings. The predicted molar refractivity (Wildman–Crippen MR) is 240 cm³/mol. The molecule has 1 aromatic heterocycles. The number of H-pyrrole nitrogens is 1. The molecule has 10 atom stereocenters. The summed E-state index contributed by atoms with van der Waals surface area (Å²) in [6.07, 6.45) is 12.2. The first-order valence-corrected chi connectivity index (χ1v) is 22.8. The number of hydrogen-bond donors (Lipinski definition) is 1. The van der Waals surface area contributed by atoms with Crippen molar-refractivity contribution in [1.29, 1.82) is 0 Å². The molecule has 5 fully saturated rings. The third-order valence-corrected chi connectivity index (χ3v) is 17.3. The van der Waals surface area contributed by atoms with Gasteiger partial charge in [-0.3, -0.25) is 4.79 Å². The van der Waals surface area contributed by atoms with Gasteiger partial charge in [0.1, 0.15) is 25.0 Å². The Morgan fingerprint density at radius 1 is 0.900 bits per heavy atom. The van der Waals surface area contributed by atoms with Crippen molar-refractivity contribution in [3.63, 3.8) is 0 Å². The van der Waals surface area contributed by atoms with Crippen LogP contribution in [0.5, 0.6) is 0 Å². The van der Waals surface area contributed by atoms with Crippen molar-refractivity contribution in [2.45, 2.75) is 124 Å². The van der Waals surface area contributed by atoms with Gasteiger partial charge >= 0.3 is 5.97 Å². The van der Waals surface area contributed by atoms with E-state index in [0.29, 0.717) is 49.7 Å². The molecule has 322 valence electrons. The number of aldehydes is 1. The van der Waals surface area contributed by atoms with Gasteiger partial charge < -0.3 is 24.0 Å². The molecule has 8 rings (SSSR count).